The summed E-state index contributed by atoms with van der Waals surface area (Å²) in [6.45, 7) is 6.28. The van der Waals surface area contributed by atoms with Gasteiger partial charge in [-0.25, -0.2) is 8.42 Å². The van der Waals surface area contributed by atoms with Crippen LogP contribution in [0.3, 0.4) is 0 Å². The van der Waals surface area contributed by atoms with E-state index in [4.69, 9.17) is 18.0 Å². The highest BCUT2D eigenvalue weighted by molar-refractivity contribution is 7.88. The quantitative estimate of drug-likeness (QED) is 0.784. The molecule has 0 bridgehead atoms. The van der Waals surface area contributed by atoms with Crippen LogP contribution in [0.4, 0.5) is 0 Å². The van der Waals surface area contributed by atoms with E-state index in [-0.39, 0.29) is 16.8 Å². The van der Waals surface area contributed by atoms with Crippen molar-refractivity contribution < 1.29 is 8.42 Å². The number of nitrogens with zero attached hydrogens (tertiary/aromatic N) is 1. The third kappa shape index (κ3) is 4.54. The summed E-state index contributed by atoms with van der Waals surface area (Å²) in [5.41, 5.74) is 6.97. The normalized spacial score (nSPS) is 12.1. The molecule has 0 saturated carbocycles. The Labute approximate surface area is 127 Å². The Morgan fingerprint density at radius 3 is 2.55 bits per heavy atom. The van der Waals surface area contributed by atoms with Crippen LogP contribution in [-0.2, 0) is 15.8 Å². The first-order valence-electron chi connectivity index (χ1n) is 6.66. The molecule has 0 spiro atoms. The highest BCUT2D eigenvalue weighted by Gasteiger charge is 2.24. The van der Waals surface area contributed by atoms with E-state index >= 15 is 0 Å². The topological polar surface area (TPSA) is 63.4 Å². The van der Waals surface area contributed by atoms with Crippen molar-refractivity contribution in [2.75, 3.05) is 6.54 Å². The Morgan fingerprint density at radius 1 is 1.40 bits per heavy atom. The van der Waals surface area contributed by atoms with E-state index in [0.717, 1.165) is 6.42 Å². The predicted octanol–water partition coefficient (Wildman–Crippen LogP) is 2.27. The summed E-state index contributed by atoms with van der Waals surface area (Å²) in [5, 5.41) is 0. The van der Waals surface area contributed by atoms with E-state index in [9.17, 15) is 8.42 Å². The van der Waals surface area contributed by atoms with Gasteiger partial charge >= 0.3 is 0 Å². The zero-order chi connectivity index (χ0) is 15.3. The Kier molecular flexibility index (Phi) is 6.10. The molecule has 0 aliphatic rings. The number of rotatable bonds is 7. The average molecular weight is 314 g/mol. The molecule has 20 heavy (non-hydrogen) atoms. The van der Waals surface area contributed by atoms with Crippen molar-refractivity contribution in [1.29, 1.82) is 0 Å². The fourth-order valence-electron chi connectivity index (χ4n) is 2.05. The van der Waals surface area contributed by atoms with Gasteiger partial charge in [0.2, 0.25) is 10.0 Å². The molecule has 1 aromatic rings. The molecular formula is C14H22N2O2S2. The fourth-order valence-corrected chi connectivity index (χ4v) is 4.04. The second kappa shape index (κ2) is 7.15. The maximum atomic E-state index is 12.5. The van der Waals surface area contributed by atoms with Crippen molar-refractivity contribution in [3.63, 3.8) is 0 Å². The minimum Gasteiger partial charge on any atom is -0.389 e. The lowest BCUT2D eigenvalue weighted by Gasteiger charge is -2.25. The van der Waals surface area contributed by atoms with Gasteiger partial charge in [0.1, 0.15) is 4.99 Å². The Bertz CT molecular complexity index is 568. The average Bonchev–Trinajstić information content (AvgIpc) is 2.35. The summed E-state index contributed by atoms with van der Waals surface area (Å²) in [6.07, 6.45) is 0.796. The largest absolute Gasteiger partial charge is 0.389 e. The molecular weight excluding hydrogens is 292 g/mol. The van der Waals surface area contributed by atoms with Crippen LogP contribution in [0.25, 0.3) is 0 Å². The maximum absolute atomic E-state index is 12.5. The molecule has 0 heterocycles. The lowest BCUT2D eigenvalue weighted by atomic mass is 10.1. The molecule has 112 valence electrons. The summed E-state index contributed by atoms with van der Waals surface area (Å²) in [4.78, 5) is 0.276. The third-order valence-corrected chi connectivity index (χ3v) is 5.19. The van der Waals surface area contributed by atoms with Crippen molar-refractivity contribution in [3.8, 4) is 0 Å². The van der Waals surface area contributed by atoms with E-state index in [0.29, 0.717) is 17.7 Å². The van der Waals surface area contributed by atoms with Crippen LogP contribution in [0.5, 0.6) is 0 Å². The number of thiocarbonyl (C=S) groups is 1. The van der Waals surface area contributed by atoms with E-state index in [2.05, 4.69) is 0 Å². The maximum Gasteiger partial charge on any atom is 0.218 e. The number of nitrogens with two attached hydrogens (primary N) is 1. The van der Waals surface area contributed by atoms with Gasteiger partial charge in [0.15, 0.2) is 0 Å². The zero-order valence-corrected chi connectivity index (χ0v) is 13.8. The van der Waals surface area contributed by atoms with Crippen LogP contribution >= 0.6 is 12.2 Å². The van der Waals surface area contributed by atoms with Crippen molar-refractivity contribution in [2.45, 2.75) is 39.0 Å². The molecule has 0 amide bonds. The molecule has 0 fully saturated rings. The van der Waals surface area contributed by atoms with Crippen LogP contribution < -0.4 is 5.73 Å². The minimum atomic E-state index is -3.33. The molecule has 2 N–H and O–H groups in total. The Morgan fingerprint density at radius 2 is 2.05 bits per heavy atom. The summed E-state index contributed by atoms with van der Waals surface area (Å²) in [7, 11) is -3.33. The van der Waals surface area contributed by atoms with Gasteiger partial charge in [-0.1, -0.05) is 37.3 Å². The predicted molar refractivity (Wildman–Crippen MR) is 87.1 cm³/mol. The van der Waals surface area contributed by atoms with E-state index in [1.165, 1.54) is 0 Å². The number of sulfonamides is 1. The molecule has 0 aromatic heterocycles. The van der Waals surface area contributed by atoms with Crippen LogP contribution in [0.15, 0.2) is 24.3 Å². The molecule has 0 unspecified atom stereocenters. The van der Waals surface area contributed by atoms with Gasteiger partial charge < -0.3 is 5.73 Å². The van der Waals surface area contributed by atoms with Gasteiger partial charge in [-0.3, -0.25) is 0 Å². The van der Waals surface area contributed by atoms with Crippen LogP contribution in [0, 0.1) is 0 Å². The first-order chi connectivity index (χ1) is 9.27. The molecule has 0 atom stereocenters. The van der Waals surface area contributed by atoms with Gasteiger partial charge in [-0.05, 0) is 31.9 Å². The highest BCUT2D eigenvalue weighted by Crippen LogP contribution is 2.15. The second-order valence-electron chi connectivity index (χ2n) is 5.03. The zero-order valence-electron chi connectivity index (χ0n) is 12.2. The lowest BCUT2D eigenvalue weighted by molar-refractivity contribution is 0.353. The van der Waals surface area contributed by atoms with Gasteiger partial charge in [0.05, 0.1) is 5.75 Å². The summed E-state index contributed by atoms with van der Waals surface area (Å²) >= 11 is 4.92. The van der Waals surface area contributed by atoms with E-state index < -0.39 is 10.0 Å². The fraction of sp³-hybridized carbons (Fsp3) is 0.500. The lowest BCUT2D eigenvalue weighted by Crippen LogP contribution is -2.38. The Balaban J connectivity index is 3.00. The molecule has 6 heteroatoms. The van der Waals surface area contributed by atoms with Gasteiger partial charge in [0.25, 0.3) is 0 Å². The molecule has 0 radical (unpaired) electrons. The first kappa shape index (κ1) is 17.1. The van der Waals surface area contributed by atoms with Crippen molar-refractivity contribution in [1.82, 2.24) is 4.31 Å². The SMILES string of the molecule is CCCN(C(C)C)S(=O)(=O)Cc1cccc(C(N)=S)c1. The third-order valence-electron chi connectivity index (χ3n) is 2.94. The molecule has 4 nitrogen and oxygen atoms in total. The molecule has 1 rings (SSSR count). The second-order valence-corrected chi connectivity index (χ2v) is 7.39. The van der Waals surface area contributed by atoms with Crippen molar-refractivity contribution >= 4 is 27.2 Å². The van der Waals surface area contributed by atoms with Gasteiger partial charge in [0, 0.05) is 18.2 Å². The van der Waals surface area contributed by atoms with Crippen LogP contribution in [-0.4, -0.2) is 30.3 Å². The molecule has 1 aromatic carbocycles. The van der Waals surface area contributed by atoms with Crippen LogP contribution in [0.2, 0.25) is 0 Å². The summed E-state index contributed by atoms with van der Waals surface area (Å²) < 4.78 is 26.5. The smallest absolute Gasteiger partial charge is 0.218 e. The summed E-state index contributed by atoms with van der Waals surface area (Å²) in [5.74, 6) is -0.0262. The number of benzene rings is 1. The van der Waals surface area contributed by atoms with Gasteiger partial charge in [-0.2, -0.15) is 4.31 Å². The molecule has 0 aliphatic carbocycles. The monoisotopic (exact) mass is 314 g/mol. The number of hydrogen-bond donors (Lipinski definition) is 1. The van der Waals surface area contributed by atoms with E-state index in [1.54, 1.807) is 28.6 Å². The van der Waals surface area contributed by atoms with Crippen LogP contribution in [0.1, 0.15) is 38.3 Å². The standard InChI is InChI=1S/C14H22N2O2S2/c1-4-8-16(11(2)3)20(17,18)10-12-6-5-7-13(9-12)14(15)19/h5-7,9,11H,4,8,10H2,1-3H3,(H2,15,19). The summed E-state index contributed by atoms with van der Waals surface area (Å²) in [6, 6.07) is 7.04. The molecule has 0 saturated heterocycles. The minimum absolute atomic E-state index is 0.0262. The molecule has 0 aliphatic heterocycles. The van der Waals surface area contributed by atoms with Crippen molar-refractivity contribution in [2.24, 2.45) is 5.73 Å². The highest BCUT2D eigenvalue weighted by atomic mass is 32.2. The Hall–Kier alpha value is -0.980. The van der Waals surface area contributed by atoms with Crippen molar-refractivity contribution in [3.05, 3.63) is 35.4 Å². The number of hydrogen-bond acceptors (Lipinski definition) is 3. The van der Waals surface area contributed by atoms with Gasteiger partial charge in [-0.15, -0.1) is 0 Å². The first-order valence-corrected chi connectivity index (χ1v) is 8.68. The van der Waals surface area contributed by atoms with E-state index in [1.807, 2.05) is 20.8 Å².